The monoisotopic (exact) mass is 450 g/mol. The maximum atomic E-state index is 12.4. The van der Waals surface area contributed by atoms with E-state index in [-0.39, 0.29) is 12.3 Å². The standard InChI is InChI=1S/C23H26N6O4/c1-14-12-16(21-15(2)22(32-6)27(3)24-21)10-11-19(14)33-13-17-18(8-7-9-20(17)31-5)29-23(30)28(4)25-26-29/h7-12H,13H2,1-6H3. The molecule has 0 unspecified atom stereocenters. The lowest BCUT2D eigenvalue weighted by Crippen LogP contribution is -2.23. The molecular formula is C23H26N6O4. The van der Waals surface area contributed by atoms with Gasteiger partial charge in [0.2, 0.25) is 5.88 Å². The normalized spacial score (nSPS) is 11.0. The summed E-state index contributed by atoms with van der Waals surface area (Å²) in [5, 5.41) is 12.3. The molecule has 0 N–H and O–H groups in total. The second kappa shape index (κ2) is 8.81. The Hall–Kier alpha value is -4.08. The van der Waals surface area contributed by atoms with E-state index in [0.717, 1.165) is 28.3 Å². The number of nitrogens with zero attached hydrogens (tertiary/aromatic N) is 6. The van der Waals surface area contributed by atoms with E-state index in [1.165, 1.54) is 9.36 Å². The highest BCUT2D eigenvalue weighted by Gasteiger charge is 2.18. The highest BCUT2D eigenvalue weighted by molar-refractivity contribution is 5.67. The third-order valence-electron chi connectivity index (χ3n) is 5.51. The van der Waals surface area contributed by atoms with Crippen molar-refractivity contribution in [3.8, 4) is 34.3 Å². The zero-order valence-corrected chi connectivity index (χ0v) is 19.5. The molecule has 0 spiro atoms. The van der Waals surface area contributed by atoms with Crippen molar-refractivity contribution in [2.24, 2.45) is 14.1 Å². The Morgan fingerprint density at radius 3 is 2.33 bits per heavy atom. The summed E-state index contributed by atoms with van der Waals surface area (Å²) in [5.41, 5.74) is 4.64. The zero-order chi connectivity index (χ0) is 23.7. The first-order chi connectivity index (χ1) is 15.8. The van der Waals surface area contributed by atoms with Gasteiger partial charge in [-0.3, -0.25) is 0 Å². The predicted molar refractivity (Wildman–Crippen MR) is 122 cm³/mol. The first kappa shape index (κ1) is 22.1. The molecule has 0 amide bonds. The molecule has 0 saturated heterocycles. The maximum absolute atomic E-state index is 12.4. The molecule has 0 fully saturated rings. The fourth-order valence-corrected chi connectivity index (χ4v) is 3.84. The summed E-state index contributed by atoms with van der Waals surface area (Å²) in [5.74, 6) is 2.03. The van der Waals surface area contributed by atoms with Gasteiger partial charge < -0.3 is 14.2 Å². The molecule has 0 radical (unpaired) electrons. The third-order valence-corrected chi connectivity index (χ3v) is 5.51. The Morgan fingerprint density at radius 2 is 1.73 bits per heavy atom. The van der Waals surface area contributed by atoms with Crippen molar-refractivity contribution in [3.05, 3.63) is 63.6 Å². The molecule has 2 aromatic carbocycles. The van der Waals surface area contributed by atoms with Crippen molar-refractivity contribution in [2.75, 3.05) is 14.2 Å². The number of aromatic nitrogens is 6. The van der Waals surface area contributed by atoms with Crippen LogP contribution in [0, 0.1) is 13.8 Å². The van der Waals surface area contributed by atoms with Gasteiger partial charge in [0.25, 0.3) is 0 Å². The highest BCUT2D eigenvalue weighted by Crippen LogP contribution is 2.33. The number of hydrogen-bond acceptors (Lipinski definition) is 7. The van der Waals surface area contributed by atoms with Gasteiger partial charge in [-0.15, -0.1) is 0 Å². The minimum atomic E-state index is -0.355. The van der Waals surface area contributed by atoms with E-state index in [2.05, 4.69) is 15.5 Å². The van der Waals surface area contributed by atoms with Crippen molar-refractivity contribution in [2.45, 2.75) is 20.5 Å². The van der Waals surface area contributed by atoms with Gasteiger partial charge in [0.05, 0.1) is 31.2 Å². The molecular weight excluding hydrogens is 424 g/mol. The van der Waals surface area contributed by atoms with E-state index >= 15 is 0 Å². The van der Waals surface area contributed by atoms with E-state index in [4.69, 9.17) is 14.2 Å². The maximum Gasteiger partial charge on any atom is 0.368 e. The second-order valence-electron chi connectivity index (χ2n) is 7.63. The molecule has 0 aliphatic carbocycles. The summed E-state index contributed by atoms with van der Waals surface area (Å²) in [6.07, 6.45) is 0. The molecule has 0 aliphatic rings. The second-order valence-corrected chi connectivity index (χ2v) is 7.63. The van der Waals surface area contributed by atoms with Gasteiger partial charge in [0.1, 0.15) is 18.1 Å². The molecule has 0 aliphatic heterocycles. The van der Waals surface area contributed by atoms with E-state index in [1.54, 1.807) is 38.1 Å². The van der Waals surface area contributed by atoms with Crippen LogP contribution in [0.4, 0.5) is 0 Å². The summed E-state index contributed by atoms with van der Waals surface area (Å²) < 4.78 is 21.2. The lowest BCUT2D eigenvalue weighted by atomic mass is 10.1. The smallest absolute Gasteiger partial charge is 0.368 e. The van der Waals surface area contributed by atoms with Crippen molar-refractivity contribution in [1.82, 2.24) is 29.6 Å². The van der Waals surface area contributed by atoms with E-state index in [1.807, 2.05) is 45.2 Å². The van der Waals surface area contributed by atoms with E-state index in [9.17, 15) is 4.79 Å². The Balaban J connectivity index is 1.64. The Bertz CT molecular complexity index is 1370. The van der Waals surface area contributed by atoms with Gasteiger partial charge in [-0.2, -0.15) is 14.5 Å². The molecule has 0 bridgehead atoms. The summed E-state index contributed by atoms with van der Waals surface area (Å²) in [7, 11) is 6.61. The average Bonchev–Trinajstić information content (AvgIpc) is 3.29. The molecule has 2 heterocycles. The van der Waals surface area contributed by atoms with Crippen LogP contribution in [0.1, 0.15) is 16.7 Å². The van der Waals surface area contributed by atoms with Gasteiger partial charge in [-0.1, -0.05) is 6.07 Å². The van der Waals surface area contributed by atoms with E-state index in [0.29, 0.717) is 22.7 Å². The van der Waals surface area contributed by atoms with Crippen molar-refractivity contribution >= 4 is 0 Å². The summed E-state index contributed by atoms with van der Waals surface area (Å²) in [6, 6.07) is 11.3. The largest absolute Gasteiger partial charge is 0.496 e. The molecule has 33 heavy (non-hydrogen) atoms. The van der Waals surface area contributed by atoms with Gasteiger partial charge >= 0.3 is 5.69 Å². The fourth-order valence-electron chi connectivity index (χ4n) is 3.84. The van der Waals surface area contributed by atoms with Crippen LogP contribution in [-0.4, -0.2) is 43.8 Å². The van der Waals surface area contributed by atoms with Crippen LogP contribution in [0.2, 0.25) is 0 Å². The SMILES string of the molecule is COc1cccc(-n2nnn(C)c2=O)c1COc1ccc(-c2nn(C)c(OC)c2C)cc1C. The van der Waals surface area contributed by atoms with Gasteiger partial charge in [0.15, 0.2) is 0 Å². The molecule has 4 aromatic rings. The first-order valence-corrected chi connectivity index (χ1v) is 10.3. The summed E-state index contributed by atoms with van der Waals surface area (Å²) >= 11 is 0. The number of rotatable bonds is 7. The molecule has 10 nitrogen and oxygen atoms in total. The Morgan fingerprint density at radius 1 is 0.939 bits per heavy atom. The predicted octanol–water partition coefficient (Wildman–Crippen LogP) is 2.58. The van der Waals surface area contributed by atoms with Crippen molar-refractivity contribution in [3.63, 3.8) is 0 Å². The molecule has 0 atom stereocenters. The number of hydrogen-bond donors (Lipinski definition) is 0. The molecule has 172 valence electrons. The van der Waals surface area contributed by atoms with Gasteiger partial charge in [0, 0.05) is 25.2 Å². The van der Waals surface area contributed by atoms with Gasteiger partial charge in [-0.05, 0) is 60.2 Å². The summed E-state index contributed by atoms with van der Waals surface area (Å²) in [4.78, 5) is 12.4. The van der Waals surface area contributed by atoms with Gasteiger partial charge in [-0.25, -0.2) is 9.48 Å². The Kier molecular flexibility index (Phi) is 5.91. The number of methoxy groups -OCH3 is 2. The lowest BCUT2D eigenvalue weighted by molar-refractivity contribution is 0.294. The molecule has 2 aromatic heterocycles. The highest BCUT2D eigenvalue weighted by atomic mass is 16.5. The minimum Gasteiger partial charge on any atom is -0.496 e. The van der Waals surface area contributed by atoms with Crippen LogP contribution < -0.4 is 19.9 Å². The van der Waals surface area contributed by atoms with Crippen LogP contribution in [0.3, 0.4) is 0 Å². The molecule has 4 rings (SSSR count). The van der Waals surface area contributed by atoms with E-state index < -0.39 is 0 Å². The van der Waals surface area contributed by atoms with Crippen LogP contribution >= 0.6 is 0 Å². The summed E-state index contributed by atoms with van der Waals surface area (Å²) in [6.45, 7) is 4.14. The topological polar surface area (TPSA) is 98.2 Å². The van der Waals surface area contributed by atoms with Crippen LogP contribution in [0.5, 0.6) is 17.4 Å². The van der Waals surface area contributed by atoms with Crippen molar-refractivity contribution < 1.29 is 14.2 Å². The molecule has 0 saturated carbocycles. The van der Waals surface area contributed by atoms with Crippen LogP contribution in [0.25, 0.3) is 16.9 Å². The lowest BCUT2D eigenvalue weighted by Gasteiger charge is -2.15. The van der Waals surface area contributed by atoms with Crippen molar-refractivity contribution in [1.29, 1.82) is 0 Å². The zero-order valence-electron chi connectivity index (χ0n) is 19.5. The third kappa shape index (κ3) is 3.95. The average molecular weight is 450 g/mol. The molecule has 10 heteroatoms. The van der Waals surface area contributed by atoms with Crippen LogP contribution in [-0.2, 0) is 20.7 Å². The Labute approximate surface area is 190 Å². The number of tetrazole rings is 1. The minimum absolute atomic E-state index is 0.180. The van der Waals surface area contributed by atoms with Crippen LogP contribution in [0.15, 0.2) is 41.2 Å². The number of aryl methyl sites for hydroxylation is 3. The quantitative estimate of drug-likeness (QED) is 0.427. The number of benzene rings is 2. The first-order valence-electron chi connectivity index (χ1n) is 10.3. The fraction of sp³-hybridized carbons (Fsp3) is 0.304. The number of ether oxygens (including phenoxy) is 3.